The van der Waals surface area contributed by atoms with Gasteiger partial charge in [0.15, 0.2) is 0 Å². The molecule has 1 saturated heterocycles. The Morgan fingerprint density at radius 2 is 1.96 bits per heavy atom. The molecule has 3 N–H and O–H groups in total. The summed E-state index contributed by atoms with van der Waals surface area (Å²) in [7, 11) is 0. The van der Waals surface area contributed by atoms with E-state index in [-0.39, 0.29) is 12.1 Å². The van der Waals surface area contributed by atoms with Crippen LogP contribution in [0.1, 0.15) is 25.8 Å². The first-order valence-corrected chi connectivity index (χ1v) is 8.43. The number of halogens is 3. The number of aliphatic carboxylic acids is 1. The van der Waals surface area contributed by atoms with E-state index in [9.17, 15) is 27.6 Å². The van der Waals surface area contributed by atoms with Gasteiger partial charge in [0.2, 0.25) is 11.8 Å². The zero-order valence-corrected chi connectivity index (χ0v) is 14.7. The molecule has 142 valence electrons. The van der Waals surface area contributed by atoms with Gasteiger partial charge in [0.1, 0.15) is 6.04 Å². The Balaban J connectivity index is 2.26. The maximum atomic E-state index is 12.9. The number of nitrogens with two attached hydrogens (primary N) is 1. The van der Waals surface area contributed by atoms with Crippen LogP contribution in [-0.4, -0.2) is 38.9 Å². The molecule has 1 aromatic carbocycles. The van der Waals surface area contributed by atoms with Crippen molar-refractivity contribution in [2.24, 2.45) is 5.73 Å². The van der Waals surface area contributed by atoms with Crippen LogP contribution in [0, 0.1) is 0 Å². The van der Waals surface area contributed by atoms with E-state index in [1.807, 2.05) is 0 Å². The van der Waals surface area contributed by atoms with Crippen LogP contribution in [0.25, 0.3) is 0 Å². The molecule has 0 aliphatic carbocycles. The Hall–Kier alpha value is -2.07. The predicted octanol–water partition coefficient (Wildman–Crippen LogP) is 2.26. The van der Waals surface area contributed by atoms with E-state index in [1.165, 1.54) is 19.9 Å². The SMILES string of the molecule is CC(C)(S[C@@H]1CC(=O)N(c2cccc(C(F)(F)F)c2)C1=O)[C@H](N)C(=O)O. The van der Waals surface area contributed by atoms with Crippen LogP contribution in [0.2, 0.25) is 0 Å². The van der Waals surface area contributed by atoms with Crippen LogP contribution < -0.4 is 10.6 Å². The van der Waals surface area contributed by atoms with Gasteiger partial charge >= 0.3 is 12.1 Å². The monoisotopic (exact) mass is 390 g/mol. The Labute approximate surface area is 151 Å². The Bertz CT molecular complexity index is 751. The highest BCUT2D eigenvalue weighted by atomic mass is 32.2. The lowest BCUT2D eigenvalue weighted by molar-refractivity contribution is -0.139. The van der Waals surface area contributed by atoms with Gasteiger partial charge in [-0.1, -0.05) is 6.07 Å². The van der Waals surface area contributed by atoms with Gasteiger partial charge in [-0.25, -0.2) is 4.90 Å². The average molecular weight is 390 g/mol. The van der Waals surface area contributed by atoms with Gasteiger partial charge in [0, 0.05) is 11.2 Å². The molecule has 2 rings (SSSR count). The molecule has 2 amide bonds. The number of benzene rings is 1. The van der Waals surface area contributed by atoms with Crippen molar-refractivity contribution < 1.29 is 32.7 Å². The number of rotatable bonds is 5. The molecule has 26 heavy (non-hydrogen) atoms. The minimum absolute atomic E-state index is 0.168. The summed E-state index contributed by atoms with van der Waals surface area (Å²) < 4.78 is 37.5. The van der Waals surface area contributed by atoms with Gasteiger partial charge in [-0.3, -0.25) is 14.4 Å². The number of carboxylic acid groups (broad SMARTS) is 1. The molecule has 0 bridgehead atoms. The number of imide groups is 1. The molecule has 1 aromatic rings. The predicted molar refractivity (Wildman–Crippen MR) is 89.6 cm³/mol. The van der Waals surface area contributed by atoms with Gasteiger partial charge < -0.3 is 10.8 Å². The molecule has 6 nitrogen and oxygen atoms in total. The molecule has 0 aromatic heterocycles. The lowest BCUT2D eigenvalue weighted by Crippen LogP contribution is -2.48. The standard InChI is InChI=1S/C16H17F3N2O4S/c1-15(2,12(20)14(24)25)26-10-7-11(22)21(13(10)23)9-5-3-4-8(6-9)16(17,18)19/h3-6,10,12H,7,20H2,1-2H3,(H,24,25)/t10-,12-/m1/s1. The Morgan fingerprint density at radius 3 is 2.50 bits per heavy atom. The summed E-state index contributed by atoms with van der Waals surface area (Å²) >= 11 is 0.926. The van der Waals surface area contributed by atoms with Gasteiger partial charge in [-0.15, -0.1) is 11.8 Å². The number of hydrogen-bond donors (Lipinski definition) is 2. The molecule has 0 unspecified atom stereocenters. The molecular weight excluding hydrogens is 373 g/mol. The summed E-state index contributed by atoms with van der Waals surface area (Å²) in [5.41, 5.74) is 4.47. The van der Waals surface area contributed by atoms with E-state index < -0.39 is 45.6 Å². The second kappa shape index (κ2) is 6.92. The molecule has 1 aliphatic rings. The quantitative estimate of drug-likeness (QED) is 0.748. The normalized spacial score (nSPS) is 19.8. The lowest BCUT2D eigenvalue weighted by atomic mass is 10.1. The third-order valence-electron chi connectivity index (χ3n) is 4.00. The van der Waals surface area contributed by atoms with Crippen LogP contribution in [0.15, 0.2) is 24.3 Å². The van der Waals surface area contributed by atoms with Crippen molar-refractivity contribution >= 4 is 35.2 Å². The number of carbonyl (C=O) groups excluding carboxylic acids is 2. The third kappa shape index (κ3) is 4.01. The van der Waals surface area contributed by atoms with Gasteiger partial charge in [-0.05, 0) is 32.0 Å². The van der Waals surface area contributed by atoms with E-state index in [2.05, 4.69) is 0 Å². The maximum Gasteiger partial charge on any atom is 0.416 e. The van der Waals surface area contributed by atoms with Crippen LogP contribution >= 0.6 is 11.8 Å². The van der Waals surface area contributed by atoms with Crippen LogP contribution in [-0.2, 0) is 20.6 Å². The summed E-state index contributed by atoms with van der Waals surface area (Å²) in [5, 5.41) is 8.12. The first kappa shape index (κ1) is 20.2. The van der Waals surface area contributed by atoms with Crippen molar-refractivity contribution in [3.8, 4) is 0 Å². The summed E-state index contributed by atoms with van der Waals surface area (Å²) in [4.78, 5) is 36.6. The van der Waals surface area contributed by atoms with Crippen LogP contribution in [0.4, 0.5) is 18.9 Å². The summed E-state index contributed by atoms with van der Waals surface area (Å²) in [6.07, 6.45) is -4.85. The number of carboxylic acids is 1. The molecule has 1 heterocycles. The van der Waals surface area contributed by atoms with Gasteiger partial charge in [-0.2, -0.15) is 13.2 Å². The van der Waals surface area contributed by atoms with Gasteiger partial charge in [0.05, 0.1) is 16.5 Å². The zero-order valence-electron chi connectivity index (χ0n) is 13.9. The van der Waals surface area contributed by atoms with E-state index >= 15 is 0 Å². The number of anilines is 1. The zero-order chi connectivity index (χ0) is 19.9. The average Bonchev–Trinajstić information content (AvgIpc) is 2.79. The lowest BCUT2D eigenvalue weighted by Gasteiger charge is -2.30. The fraction of sp³-hybridized carbons (Fsp3) is 0.438. The molecular formula is C16H17F3N2O4S. The number of carbonyl (C=O) groups is 3. The maximum absolute atomic E-state index is 12.9. The third-order valence-corrected chi connectivity index (χ3v) is 5.51. The van der Waals surface area contributed by atoms with Crippen molar-refractivity contribution in [3.05, 3.63) is 29.8 Å². The van der Waals surface area contributed by atoms with E-state index in [0.717, 1.165) is 30.0 Å². The Morgan fingerprint density at radius 1 is 1.35 bits per heavy atom. The number of alkyl halides is 3. The molecule has 2 atom stereocenters. The highest BCUT2D eigenvalue weighted by molar-refractivity contribution is 8.02. The Kier molecular flexibility index (Phi) is 5.39. The van der Waals surface area contributed by atoms with Crippen molar-refractivity contribution in [3.63, 3.8) is 0 Å². The minimum Gasteiger partial charge on any atom is -0.480 e. The number of nitrogens with zero attached hydrogens (tertiary/aromatic N) is 1. The topological polar surface area (TPSA) is 101 Å². The fourth-order valence-corrected chi connectivity index (χ4v) is 3.94. The van der Waals surface area contributed by atoms with E-state index in [4.69, 9.17) is 10.8 Å². The van der Waals surface area contributed by atoms with Crippen molar-refractivity contribution in [2.45, 2.75) is 42.5 Å². The molecule has 10 heteroatoms. The fourth-order valence-electron chi connectivity index (χ4n) is 2.53. The molecule has 0 saturated carbocycles. The second-order valence-electron chi connectivity index (χ2n) is 6.35. The van der Waals surface area contributed by atoms with Crippen molar-refractivity contribution in [2.75, 3.05) is 4.90 Å². The van der Waals surface area contributed by atoms with Crippen molar-refractivity contribution in [1.29, 1.82) is 0 Å². The van der Waals surface area contributed by atoms with Crippen LogP contribution in [0.3, 0.4) is 0 Å². The molecule has 0 spiro atoms. The van der Waals surface area contributed by atoms with Gasteiger partial charge in [0.25, 0.3) is 0 Å². The minimum atomic E-state index is -4.60. The number of amides is 2. The van der Waals surface area contributed by atoms with Crippen molar-refractivity contribution in [1.82, 2.24) is 0 Å². The number of thioether (sulfide) groups is 1. The molecule has 1 fully saturated rings. The highest BCUT2D eigenvalue weighted by Gasteiger charge is 2.45. The summed E-state index contributed by atoms with van der Waals surface area (Å²) in [6, 6.07) is 2.65. The van der Waals surface area contributed by atoms with E-state index in [0.29, 0.717) is 4.90 Å². The molecule has 1 aliphatic heterocycles. The number of hydrogen-bond acceptors (Lipinski definition) is 5. The first-order valence-electron chi connectivity index (χ1n) is 7.55. The molecule has 0 radical (unpaired) electrons. The van der Waals surface area contributed by atoms with E-state index in [1.54, 1.807) is 0 Å². The summed E-state index contributed by atoms with van der Waals surface area (Å²) in [5.74, 6) is -2.59. The smallest absolute Gasteiger partial charge is 0.416 e. The highest BCUT2D eigenvalue weighted by Crippen LogP contribution is 2.39. The largest absolute Gasteiger partial charge is 0.480 e. The van der Waals surface area contributed by atoms with Crippen LogP contribution in [0.5, 0.6) is 0 Å². The first-order chi connectivity index (χ1) is 11.8. The summed E-state index contributed by atoms with van der Waals surface area (Å²) in [6.45, 7) is 3.06. The second-order valence-corrected chi connectivity index (χ2v) is 8.20.